The normalized spacial score (nSPS) is 23.8. The second-order valence-electron chi connectivity index (χ2n) is 10.8. The predicted octanol–water partition coefficient (Wildman–Crippen LogP) is 5.11. The van der Waals surface area contributed by atoms with Gasteiger partial charge in [-0.2, -0.15) is 5.10 Å². The van der Waals surface area contributed by atoms with E-state index in [1.165, 1.54) is 29.2 Å². The summed E-state index contributed by atoms with van der Waals surface area (Å²) < 4.78 is 13.7. The average Bonchev–Trinajstić information content (AvgIpc) is 3.28. The molecule has 3 aliphatic carbocycles. The van der Waals surface area contributed by atoms with Crippen molar-refractivity contribution in [1.82, 2.24) is 5.43 Å². The number of carbonyl (C=O) groups excluding carboxylic acids is 3. The lowest BCUT2D eigenvalue weighted by Crippen LogP contribution is -2.54. The Bertz CT molecular complexity index is 1670. The Balaban J connectivity index is 1.31. The van der Waals surface area contributed by atoms with E-state index in [0.717, 1.165) is 27.8 Å². The Morgan fingerprint density at radius 1 is 0.829 bits per heavy atom. The molecule has 202 valence electrons. The van der Waals surface area contributed by atoms with Crippen molar-refractivity contribution in [2.75, 3.05) is 4.90 Å². The number of anilines is 1. The summed E-state index contributed by atoms with van der Waals surface area (Å²) in [7, 11) is 0. The van der Waals surface area contributed by atoms with Gasteiger partial charge in [0.15, 0.2) is 0 Å². The Morgan fingerprint density at radius 2 is 1.44 bits per heavy atom. The number of hydrogen-bond donors (Lipinski definition) is 1. The number of benzene rings is 4. The van der Waals surface area contributed by atoms with Gasteiger partial charge in [0.05, 0.1) is 22.9 Å². The maximum absolute atomic E-state index is 14.3. The standard InChI is InChI=1S/C34H26FN3O3/c35-22-15-17-23(18-16-22)38-32(40)30-29-24-10-4-6-12-26(24)34(31(30)33(38)41,27-13-7-5-11-25(27)29)20-36-37-28(39)19-14-21-8-2-1-3-9-21/h1-13,15-18,20,29-31H,14,19H2,(H,37,39)/b36-20-/t29?,30-,31-,34?/m0/s1. The minimum absolute atomic E-state index is 0.245. The van der Waals surface area contributed by atoms with Gasteiger partial charge in [-0.15, -0.1) is 0 Å². The van der Waals surface area contributed by atoms with E-state index < -0.39 is 23.1 Å². The quantitative estimate of drug-likeness (QED) is 0.209. The highest BCUT2D eigenvalue weighted by atomic mass is 19.1. The van der Waals surface area contributed by atoms with E-state index in [1.54, 1.807) is 6.21 Å². The van der Waals surface area contributed by atoms with Crippen molar-refractivity contribution in [1.29, 1.82) is 0 Å². The zero-order valence-electron chi connectivity index (χ0n) is 22.0. The van der Waals surface area contributed by atoms with E-state index in [4.69, 9.17) is 0 Å². The minimum atomic E-state index is -1.08. The van der Waals surface area contributed by atoms with Crippen molar-refractivity contribution >= 4 is 29.6 Å². The largest absolute Gasteiger partial charge is 0.274 e. The Labute approximate surface area is 236 Å². The molecule has 0 unspecified atom stereocenters. The number of imide groups is 1. The highest BCUT2D eigenvalue weighted by Crippen LogP contribution is 2.63. The number of aryl methyl sites for hydroxylation is 1. The highest BCUT2D eigenvalue weighted by Gasteiger charge is 2.68. The number of hydrogen-bond acceptors (Lipinski definition) is 4. The maximum Gasteiger partial charge on any atom is 0.240 e. The molecule has 2 atom stereocenters. The Morgan fingerprint density at radius 3 is 2.10 bits per heavy atom. The van der Waals surface area contributed by atoms with Crippen LogP contribution in [-0.4, -0.2) is 23.9 Å². The first-order chi connectivity index (χ1) is 20.0. The molecule has 4 aromatic carbocycles. The molecule has 0 aromatic heterocycles. The second-order valence-corrected chi connectivity index (χ2v) is 10.8. The summed E-state index contributed by atoms with van der Waals surface area (Å²) in [6, 6.07) is 30.8. The summed E-state index contributed by atoms with van der Waals surface area (Å²) in [5.41, 5.74) is 6.71. The molecule has 0 saturated carbocycles. The van der Waals surface area contributed by atoms with Gasteiger partial charge in [0.25, 0.3) is 0 Å². The smallest absolute Gasteiger partial charge is 0.240 e. The Hall–Kier alpha value is -4.91. The van der Waals surface area contributed by atoms with Gasteiger partial charge in [0, 0.05) is 18.6 Å². The molecule has 6 nitrogen and oxygen atoms in total. The van der Waals surface area contributed by atoms with Gasteiger partial charge in [-0.1, -0.05) is 78.9 Å². The first-order valence-corrected chi connectivity index (χ1v) is 13.7. The summed E-state index contributed by atoms with van der Waals surface area (Å²) in [6.07, 6.45) is 2.48. The molecule has 1 saturated heterocycles. The SMILES string of the molecule is O=C(CCc1ccccc1)N/N=C\C12c3ccccc3C(c3ccccc31)[C@@H]1C(=O)N(c3ccc(F)cc3)C(=O)[C@H]12. The van der Waals surface area contributed by atoms with Crippen LogP contribution in [0.15, 0.2) is 108 Å². The summed E-state index contributed by atoms with van der Waals surface area (Å²) in [5, 5.41) is 4.45. The van der Waals surface area contributed by atoms with Crippen LogP contribution >= 0.6 is 0 Å². The van der Waals surface area contributed by atoms with Gasteiger partial charge in [-0.3, -0.25) is 14.4 Å². The van der Waals surface area contributed by atoms with E-state index >= 15 is 0 Å². The second kappa shape index (κ2) is 9.63. The number of rotatable bonds is 6. The number of nitrogens with zero attached hydrogens (tertiary/aromatic N) is 2. The van der Waals surface area contributed by atoms with Gasteiger partial charge in [0.2, 0.25) is 17.7 Å². The van der Waals surface area contributed by atoms with Crippen molar-refractivity contribution in [3.05, 3.63) is 137 Å². The lowest BCUT2D eigenvalue weighted by molar-refractivity contribution is -0.123. The minimum Gasteiger partial charge on any atom is -0.274 e. The van der Waals surface area contributed by atoms with E-state index in [2.05, 4.69) is 10.5 Å². The average molecular weight is 544 g/mol. The summed E-state index contributed by atoms with van der Waals surface area (Å²) in [5.74, 6) is -3.13. The molecular weight excluding hydrogens is 517 g/mol. The number of carbonyl (C=O) groups is 3. The summed E-state index contributed by atoms with van der Waals surface area (Å²) >= 11 is 0. The monoisotopic (exact) mass is 543 g/mol. The fourth-order valence-electron chi connectivity index (χ4n) is 7.06. The van der Waals surface area contributed by atoms with Gasteiger partial charge >= 0.3 is 0 Å². The molecule has 8 rings (SSSR count). The molecule has 0 radical (unpaired) electrons. The van der Waals surface area contributed by atoms with Crippen LogP contribution in [0.25, 0.3) is 0 Å². The molecule has 1 N–H and O–H groups in total. The third-order valence-corrected chi connectivity index (χ3v) is 8.71. The third kappa shape index (κ3) is 3.76. The van der Waals surface area contributed by atoms with Crippen LogP contribution in [0, 0.1) is 17.7 Å². The maximum atomic E-state index is 14.3. The van der Waals surface area contributed by atoms with Crippen molar-refractivity contribution < 1.29 is 18.8 Å². The highest BCUT2D eigenvalue weighted by molar-refractivity contribution is 6.25. The number of amides is 3. The van der Waals surface area contributed by atoms with Gasteiger partial charge in [-0.05, 0) is 58.5 Å². The van der Waals surface area contributed by atoms with E-state index in [9.17, 15) is 18.8 Å². The molecule has 41 heavy (non-hydrogen) atoms. The number of halogens is 1. The zero-order chi connectivity index (χ0) is 28.1. The molecule has 1 aliphatic heterocycles. The van der Waals surface area contributed by atoms with Crippen molar-refractivity contribution in [3.8, 4) is 0 Å². The summed E-state index contributed by atoms with van der Waals surface area (Å²) in [6.45, 7) is 0. The van der Waals surface area contributed by atoms with Crippen molar-refractivity contribution in [2.45, 2.75) is 24.2 Å². The van der Waals surface area contributed by atoms with Crippen LogP contribution in [0.5, 0.6) is 0 Å². The van der Waals surface area contributed by atoms with E-state index in [0.29, 0.717) is 12.1 Å². The van der Waals surface area contributed by atoms with Crippen molar-refractivity contribution in [3.63, 3.8) is 0 Å². The fourth-order valence-corrected chi connectivity index (χ4v) is 7.06. The molecule has 2 bridgehead atoms. The number of nitrogens with one attached hydrogen (secondary N) is 1. The molecule has 1 heterocycles. The third-order valence-electron chi connectivity index (χ3n) is 8.71. The van der Waals surface area contributed by atoms with Crippen LogP contribution < -0.4 is 10.3 Å². The van der Waals surface area contributed by atoms with Crippen LogP contribution in [0.4, 0.5) is 10.1 Å². The van der Waals surface area contributed by atoms with Crippen molar-refractivity contribution in [2.24, 2.45) is 16.9 Å². The topological polar surface area (TPSA) is 78.8 Å². The predicted molar refractivity (Wildman–Crippen MR) is 153 cm³/mol. The number of hydrazone groups is 1. The van der Waals surface area contributed by atoms with Gasteiger partial charge in [0.1, 0.15) is 5.82 Å². The molecular formula is C34H26FN3O3. The molecule has 3 amide bonds. The molecule has 0 spiro atoms. The van der Waals surface area contributed by atoms with E-state index in [1.807, 2.05) is 78.9 Å². The first kappa shape index (κ1) is 25.1. The van der Waals surface area contributed by atoms with Crippen LogP contribution in [0.2, 0.25) is 0 Å². The molecule has 1 fully saturated rings. The van der Waals surface area contributed by atoms with Crippen LogP contribution in [0.1, 0.15) is 40.2 Å². The van der Waals surface area contributed by atoms with Crippen LogP contribution in [-0.2, 0) is 26.2 Å². The molecule has 4 aromatic rings. The zero-order valence-corrected chi connectivity index (χ0v) is 22.0. The Kier molecular flexibility index (Phi) is 5.89. The van der Waals surface area contributed by atoms with Crippen LogP contribution in [0.3, 0.4) is 0 Å². The molecule has 7 heteroatoms. The fraction of sp³-hybridized carbons (Fsp3) is 0.176. The lowest BCUT2D eigenvalue weighted by atomic mass is 9.47. The van der Waals surface area contributed by atoms with Gasteiger partial charge < -0.3 is 0 Å². The van der Waals surface area contributed by atoms with E-state index in [-0.39, 0.29) is 30.1 Å². The molecule has 4 aliphatic rings. The summed E-state index contributed by atoms with van der Waals surface area (Å²) in [4.78, 5) is 42.3. The van der Waals surface area contributed by atoms with Gasteiger partial charge in [-0.25, -0.2) is 14.7 Å². The first-order valence-electron chi connectivity index (χ1n) is 13.7. The lowest BCUT2D eigenvalue weighted by Gasteiger charge is -2.52.